The van der Waals surface area contributed by atoms with E-state index in [0.29, 0.717) is 0 Å². The molecule has 1 atom stereocenters. The third-order valence-corrected chi connectivity index (χ3v) is 3.93. The molecule has 0 bridgehead atoms. The highest BCUT2D eigenvalue weighted by molar-refractivity contribution is 5.92. The predicted molar refractivity (Wildman–Crippen MR) is 71.2 cm³/mol. The molecule has 2 nitrogen and oxygen atoms in total. The van der Waals surface area contributed by atoms with Gasteiger partial charge in [-0.15, -0.1) is 0 Å². The van der Waals surface area contributed by atoms with Crippen LogP contribution in [0.15, 0.2) is 54.6 Å². The standard InChI is InChI=1S/C16H15NO/c17-15(18)16(13-7-2-1-3-8-13)11-10-12-6-4-5-9-14(12)16/h1-9H,10-11H2,(H2,17,18)/t16-/m0/s1. The minimum absolute atomic E-state index is 0.251. The molecule has 1 aliphatic rings. The number of rotatable bonds is 2. The van der Waals surface area contributed by atoms with Crippen LogP contribution in [0.5, 0.6) is 0 Å². The van der Waals surface area contributed by atoms with Crippen LogP contribution in [-0.4, -0.2) is 5.91 Å². The lowest BCUT2D eigenvalue weighted by molar-refractivity contribution is -0.122. The lowest BCUT2D eigenvalue weighted by Gasteiger charge is -2.27. The molecule has 3 rings (SSSR count). The fourth-order valence-electron chi connectivity index (χ4n) is 3.03. The fourth-order valence-corrected chi connectivity index (χ4v) is 3.03. The van der Waals surface area contributed by atoms with E-state index in [1.165, 1.54) is 5.56 Å². The first-order chi connectivity index (χ1) is 8.75. The molecule has 0 unspecified atom stereocenters. The van der Waals surface area contributed by atoms with Crippen molar-refractivity contribution in [2.75, 3.05) is 0 Å². The Balaban J connectivity index is 2.25. The van der Waals surface area contributed by atoms with Gasteiger partial charge in [-0.1, -0.05) is 54.6 Å². The largest absolute Gasteiger partial charge is 0.369 e. The Morgan fingerprint density at radius 2 is 1.67 bits per heavy atom. The Morgan fingerprint density at radius 3 is 2.39 bits per heavy atom. The van der Waals surface area contributed by atoms with Crippen molar-refractivity contribution in [2.45, 2.75) is 18.3 Å². The van der Waals surface area contributed by atoms with E-state index in [1.54, 1.807) is 0 Å². The molecule has 18 heavy (non-hydrogen) atoms. The van der Waals surface area contributed by atoms with Gasteiger partial charge in [-0.2, -0.15) is 0 Å². The molecule has 1 aliphatic carbocycles. The molecule has 0 saturated heterocycles. The van der Waals surface area contributed by atoms with Crippen molar-refractivity contribution in [3.63, 3.8) is 0 Å². The summed E-state index contributed by atoms with van der Waals surface area (Å²) in [6.07, 6.45) is 1.68. The van der Waals surface area contributed by atoms with Gasteiger partial charge in [-0.25, -0.2) is 0 Å². The maximum absolute atomic E-state index is 12.1. The first-order valence-corrected chi connectivity index (χ1v) is 6.19. The van der Waals surface area contributed by atoms with Crippen LogP contribution in [0.25, 0.3) is 0 Å². The Bertz CT molecular complexity index is 591. The lowest BCUT2D eigenvalue weighted by atomic mass is 9.75. The number of carbonyl (C=O) groups excluding carboxylic acids is 1. The molecule has 0 radical (unpaired) electrons. The zero-order valence-corrected chi connectivity index (χ0v) is 10.1. The second-order valence-electron chi connectivity index (χ2n) is 4.79. The highest BCUT2D eigenvalue weighted by Gasteiger charge is 2.45. The number of aryl methyl sites for hydroxylation is 1. The van der Waals surface area contributed by atoms with Gasteiger partial charge in [0, 0.05) is 0 Å². The average molecular weight is 237 g/mol. The summed E-state index contributed by atoms with van der Waals surface area (Å²) in [6, 6.07) is 18.0. The van der Waals surface area contributed by atoms with E-state index in [2.05, 4.69) is 6.07 Å². The zero-order valence-electron chi connectivity index (χ0n) is 10.1. The summed E-state index contributed by atoms with van der Waals surface area (Å²) < 4.78 is 0. The number of nitrogens with two attached hydrogens (primary N) is 1. The second-order valence-corrected chi connectivity index (χ2v) is 4.79. The van der Waals surface area contributed by atoms with E-state index in [9.17, 15) is 4.79 Å². The summed E-state index contributed by atoms with van der Waals surface area (Å²) in [6.45, 7) is 0. The molecule has 2 aromatic rings. The van der Waals surface area contributed by atoms with Gasteiger partial charge in [0.25, 0.3) is 0 Å². The lowest BCUT2D eigenvalue weighted by Crippen LogP contribution is -2.40. The number of amides is 1. The van der Waals surface area contributed by atoms with Crippen LogP contribution in [0.2, 0.25) is 0 Å². The quantitative estimate of drug-likeness (QED) is 0.856. The van der Waals surface area contributed by atoms with Crippen LogP contribution in [-0.2, 0) is 16.6 Å². The summed E-state index contributed by atoms with van der Waals surface area (Å²) in [4.78, 5) is 12.1. The molecule has 0 heterocycles. The number of hydrogen-bond donors (Lipinski definition) is 1. The van der Waals surface area contributed by atoms with E-state index >= 15 is 0 Å². The van der Waals surface area contributed by atoms with Crippen molar-refractivity contribution in [1.82, 2.24) is 0 Å². The van der Waals surface area contributed by atoms with Crippen LogP contribution in [0.1, 0.15) is 23.1 Å². The summed E-state index contributed by atoms with van der Waals surface area (Å²) in [5.41, 5.74) is 8.41. The van der Waals surface area contributed by atoms with Gasteiger partial charge in [0.05, 0.1) is 5.41 Å². The first kappa shape index (κ1) is 11.0. The molecular weight excluding hydrogens is 222 g/mol. The predicted octanol–water partition coefficient (Wildman–Crippen LogP) is 2.40. The zero-order chi connectivity index (χ0) is 12.6. The van der Waals surface area contributed by atoms with Crippen molar-refractivity contribution >= 4 is 5.91 Å². The van der Waals surface area contributed by atoms with Crippen LogP contribution in [0.3, 0.4) is 0 Å². The fraction of sp³-hybridized carbons (Fsp3) is 0.188. The first-order valence-electron chi connectivity index (χ1n) is 6.19. The highest BCUT2D eigenvalue weighted by Crippen LogP contribution is 2.43. The third-order valence-electron chi connectivity index (χ3n) is 3.93. The molecule has 2 N–H and O–H groups in total. The molecule has 1 amide bonds. The minimum atomic E-state index is -0.641. The summed E-state index contributed by atoms with van der Waals surface area (Å²) in [5.74, 6) is -0.251. The van der Waals surface area contributed by atoms with Crippen molar-refractivity contribution in [1.29, 1.82) is 0 Å². The monoisotopic (exact) mass is 237 g/mol. The van der Waals surface area contributed by atoms with Gasteiger partial charge < -0.3 is 5.73 Å². The number of benzene rings is 2. The van der Waals surface area contributed by atoms with Crippen LogP contribution < -0.4 is 5.73 Å². The molecule has 2 heteroatoms. The van der Waals surface area contributed by atoms with Gasteiger partial charge in [-0.05, 0) is 29.5 Å². The van der Waals surface area contributed by atoms with Gasteiger partial charge in [0.1, 0.15) is 0 Å². The SMILES string of the molecule is NC(=O)[C@]1(c2ccccc2)CCc2ccccc21. The van der Waals surface area contributed by atoms with Crippen molar-refractivity contribution in [3.8, 4) is 0 Å². The molecule has 0 aromatic heterocycles. The maximum atomic E-state index is 12.1. The number of primary amides is 1. The van der Waals surface area contributed by atoms with E-state index in [-0.39, 0.29) is 5.91 Å². The number of hydrogen-bond acceptors (Lipinski definition) is 1. The van der Waals surface area contributed by atoms with E-state index in [4.69, 9.17) is 5.73 Å². The summed E-state index contributed by atoms with van der Waals surface area (Å²) >= 11 is 0. The highest BCUT2D eigenvalue weighted by atomic mass is 16.1. The molecule has 0 aliphatic heterocycles. The van der Waals surface area contributed by atoms with Gasteiger partial charge in [0.2, 0.25) is 5.91 Å². The Kier molecular flexibility index (Phi) is 2.44. The molecule has 90 valence electrons. The Morgan fingerprint density at radius 1 is 1.00 bits per heavy atom. The van der Waals surface area contributed by atoms with Gasteiger partial charge in [0.15, 0.2) is 0 Å². The third kappa shape index (κ3) is 1.39. The van der Waals surface area contributed by atoms with Crippen molar-refractivity contribution < 1.29 is 4.79 Å². The smallest absolute Gasteiger partial charge is 0.232 e. The van der Waals surface area contributed by atoms with Gasteiger partial charge >= 0.3 is 0 Å². The van der Waals surface area contributed by atoms with E-state index in [1.807, 2.05) is 48.5 Å². The second kappa shape index (κ2) is 3.98. The minimum Gasteiger partial charge on any atom is -0.369 e. The summed E-state index contributed by atoms with van der Waals surface area (Å²) in [7, 11) is 0. The number of carbonyl (C=O) groups is 1. The van der Waals surface area contributed by atoms with Crippen LogP contribution in [0.4, 0.5) is 0 Å². The van der Waals surface area contributed by atoms with Gasteiger partial charge in [-0.3, -0.25) is 4.79 Å². The van der Waals surface area contributed by atoms with E-state index in [0.717, 1.165) is 24.0 Å². The Hall–Kier alpha value is -2.09. The number of fused-ring (bicyclic) bond motifs is 1. The molecule has 0 fully saturated rings. The van der Waals surface area contributed by atoms with Crippen LogP contribution in [0, 0.1) is 0 Å². The topological polar surface area (TPSA) is 43.1 Å². The molecule has 0 spiro atoms. The molecular formula is C16H15NO. The normalized spacial score (nSPS) is 21.6. The Labute approximate surface area is 106 Å². The van der Waals surface area contributed by atoms with Crippen LogP contribution >= 0.6 is 0 Å². The summed E-state index contributed by atoms with van der Waals surface area (Å²) in [5, 5.41) is 0. The molecule has 0 saturated carbocycles. The van der Waals surface area contributed by atoms with Crippen molar-refractivity contribution in [2.24, 2.45) is 5.73 Å². The van der Waals surface area contributed by atoms with E-state index < -0.39 is 5.41 Å². The maximum Gasteiger partial charge on any atom is 0.232 e. The molecule has 2 aromatic carbocycles. The average Bonchev–Trinajstić information content (AvgIpc) is 2.80. The van der Waals surface area contributed by atoms with Crippen molar-refractivity contribution in [3.05, 3.63) is 71.3 Å².